The van der Waals surface area contributed by atoms with E-state index in [-0.39, 0.29) is 5.91 Å². The van der Waals surface area contributed by atoms with Crippen LogP contribution in [0.5, 0.6) is 0 Å². The number of amides is 1. The van der Waals surface area contributed by atoms with Crippen molar-refractivity contribution in [2.45, 2.75) is 50.2 Å². The minimum Gasteiger partial charge on any atom is -0.339 e. The molecule has 2 fully saturated rings. The Morgan fingerprint density at radius 1 is 1.00 bits per heavy atom. The molecule has 1 aliphatic carbocycles. The minimum atomic E-state index is 0.171. The van der Waals surface area contributed by atoms with Gasteiger partial charge in [0, 0.05) is 30.7 Å². The first-order chi connectivity index (χ1) is 12.2. The Balaban J connectivity index is 1.39. The zero-order valence-corrected chi connectivity index (χ0v) is 14.7. The first kappa shape index (κ1) is 15.2. The summed E-state index contributed by atoms with van der Waals surface area (Å²) in [6.45, 7) is 0. The summed E-state index contributed by atoms with van der Waals surface area (Å²) >= 11 is 0. The predicted octanol–water partition coefficient (Wildman–Crippen LogP) is 3.61. The molecule has 2 unspecified atom stereocenters. The maximum Gasteiger partial charge on any atom is 0.253 e. The number of piperidine rings is 1. The third-order valence-corrected chi connectivity index (χ3v) is 6.36. The van der Waals surface area contributed by atoms with Crippen LogP contribution in [0.15, 0.2) is 42.5 Å². The number of carbonyl (C=O) groups is 1. The van der Waals surface area contributed by atoms with Crippen molar-refractivity contribution >= 4 is 5.91 Å². The third kappa shape index (κ3) is 2.49. The van der Waals surface area contributed by atoms with E-state index in [1.54, 1.807) is 0 Å². The molecule has 3 nitrogen and oxygen atoms in total. The lowest BCUT2D eigenvalue weighted by molar-refractivity contribution is 0.0681. The number of nitrogens with zero attached hydrogens (tertiary/aromatic N) is 1. The Bertz CT molecular complexity index is 832. The van der Waals surface area contributed by atoms with Crippen LogP contribution in [0, 0.1) is 0 Å². The second-order valence-electron chi connectivity index (χ2n) is 7.88. The largest absolute Gasteiger partial charge is 0.339 e. The Labute approximate surface area is 149 Å². The molecule has 2 heterocycles. The van der Waals surface area contributed by atoms with Crippen molar-refractivity contribution in [1.82, 2.24) is 10.2 Å². The normalized spacial score (nSPS) is 26.2. The van der Waals surface area contributed by atoms with Gasteiger partial charge in [0.05, 0.1) is 0 Å². The quantitative estimate of drug-likeness (QED) is 0.777. The standard InChI is InChI=1S/C22H24N2O/c1-24(19-12-17-7-8-18(13-19)23-17)22(25)15-6-9-21-16(11-15)10-14-4-2-3-5-20(14)21/h2-6,9,11,17-19,23H,7-8,10,12-13H2,1H3. The predicted molar refractivity (Wildman–Crippen MR) is 99.7 cm³/mol. The van der Waals surface area contributed by atoms with E-state index in [0.717, 1.165) is 24.8 Å². The Morgan fingerprint density at radius 2 is 1.72 bits per heavy atom. The van der Waals surface area contributed by atoms with Gasteiger partial charge in [-0.15, -0.1) is 0 Å². The molecular weight excluding hydrogens is 308 g/mol. The van der Waals surface area contributed by atoms with Crippen LogP contribution in [-0.4, -0.2) is 36.0 Å². The lowest BCUT2D eigenvalue weighted by Gasteiger charge is -2.35. The van der Waals surface area contributed by atoms with Crippen LogP contribution in [0.25, 0.3) is 11.1 Å². The van der Waals surface area contributed by atoms with Gasteiger partial charge in [0.15, 0.2) is 0 Å². The van der Waals surface area contributed by atoms with Crippen molar-refractivity contribution < 1.29 is 4.79 Å². The Kier molecular flexibility index (Phi) is 3.46. The van der Waals surface area contributed by atoms with Crippen molar-refractivity contribution in [3.05, 3.63) is 59.2 Å². The molecule has 128 valence electrons. The molecule has 2 aliphatic heterocycles. The molecule has 0 saturated carbocycles. The average molecular weight is 332 g/mol. The first-order valence-electron chi connectivity index (χ1n) is 9.43. The summed E-state index contributed by atoms with van der Waals surface area (Å²) in [7, 11) is 1.99. The maximum atomic E-state index is 13.1. The van der Waals surface area contributed by atoms with Gasteiger partial charge >= 0.3 is 0 Å². The summed E-state index contributed by atoms with van der Waals surface area (Å²) in [6.07, 6.45) is 5.65. The molecule has 3 aliphatic rings. The highest BCUT2D eigenvalue weighted by molar-refractivity contribution is 5.95. The molecule has 2 atom stereocenters. The third-order valence-electron chi connectivity index (χ3n) is 6.36. The van der Waals surface area contributed by atoms with Crippen molar-refractivity contribution in [3.63, 3.8) is 0 Å². The van der Waals surface area contributed by atoms with Crippen molar-refractivity contribution in [1.29, 1.82) is 0 Å². The molecule has 0 radical (unpaired) electrons. The number of carbonyl (C=O) groups excluding carboxylic acids is 1. The van der Waals surface area contributed by atoms with Gasteiger partial charge < -0.3 is 10.2 Å². The maximum absolute atomic E-state index is 13.1. The van der Waals surface area contributed by atoms with Gasteiger partial charge in [-0.25, -0.2) is 0 Å². The monoisotopic (exact) mass is 332 g/mol. The highest BCUT2D eigenvalue weighted by atomic mass is 16.2. The fraction of sp³-hybridized carbons (Fsp3) is 0.409. The van der Waals surface area contributed by atoms with E-state index >= 15 is 0 Å². The molecule has 0 spiro atoms. The summed E-state index contributed by atoms with van der Waals surface area (Å²) in [4.78, 5) is 15.1. The van der Waals surface area contributed by atoms with E-state index in [2.05, 4.69) is 41.7 Å². The molecule has 5 rings (SSSR count). The van der Waals surface area contributed by atoms with Crippen LogP contribution >= 0.6 is 0 Å². The number of rotatable bonds is 2. The smallest absolute Gasteiger partial charge is 0.253 e. The number of hydrogen-bond acceptors (Lipinski definition) is 2. The lowest BCUT2D eigenvalue weighted by Crippen LogP contribution is -2.48. The second-order valence-corrected chi connectivity index (χ2v) is 7.88. The molecular formula is C22H24N2O. The molecule has 2 aromatic carbocycles. The Hall–Kier alpha value is -2.13. The first-order valence-corrected chi connectivity index (χ1v) is 9.43. The van der Waals surface area contributed by atoms with Crippen molar-refractivity contribution in [2.24, 2.45) is 0 Å². The molecule has 2 aromatic rings. The van der Waals surface area contributed by atoms with Crippen molar-refractivity contribution in [2.75, 3.05) is 7.05 Å². The van der Waals surface area contributed by atoms with E-state index in [9.17, 15) is 4.79 Å². The number of nitrogens with one attached hydrogen (secondary N) is 1. The van der Waals surface area contributed by atoms with Gasteiger partial charge in [0.1, 0.15) is 0 Å². The SMILES string of the molecule is CN(C(=O)c1ccc2c(c1)Cc1ccccc1-2)C1CC2CCC(C1)N2. The summed E-state index contributed by atoms with van der Waals surface area (Å²) in [6, 6.07) is 16.4. The van der Waals surface area contributed by atoms with E-state index in [4.69, 9.17) is 0 Å². The second kappa shape index (κ2) is 5.70. The summed E-state index contributed by atoms with van der Waals surface area (Å²) < 4.78 is 0. The molecule has 2 bridgehead atoms. The van der Waals surface area contributed by atoms with Gasteiger partial charge in [-0.05, 0) is 66.5 Å². The fourth-order valence-corrected chi connectivity index (χ4v) is 4.99. The molecule has 1 amide bonds. The fourth-order valence-electron chi connectivity index (χ4n) is 4.99. The number of benzene rings is 2. The Morgan fingerprint density at radius 3 is 2.52 bits per heavy atom. The zero-order chi connectivity index (χ0) is 17.0. The number of hydrogen-bond donors (Lipinski definition) is 1. The van der Waals surface area contributed by atoms with Crippen LogP contribution in [0.4, 0.5) is 0 Å². The van der Waals surface area contributed by atoms with E-state index in [1.165, 1.54) is 35.1 Å². The minimum absolute atomic E-state index is 0.171. The van der Waals surface area contributed by atoms with Crippen LogP contribution in [0.2, 0.25) is 0 Å². The highest BCUT2D eigenvalue weighted by Crippen LogP contribution is 2.37. The van der Waals surface area contributed by atoms with Crippen molar-refractivity contribution in [3.8, 4) is 11.1 Å². The van der Waals surface area contributed by atoms with Crippen LogP contribution in [0.3, 0.4) is 0 Å². The summed E-state index contributed by atoms with van der Waals surface area (Å²) in [5.41, 5.74) is 6.09. The zero-order valence-electron chi connectivity index (χ0n) is 14.7. The van der Waals surface area contributed by atoms with Gasteiger partial charge in [0.25, 0.3) is 5.91 Å². The molecule has 25 heavy (non-hydrogen) atoms. The topological polar surface area (TPSA) is 32.3 Å². The molecule has 1 N–H and O–H groups in total. The van der Waals surface area contributed by atoms with Crippen LogP contribution < -0.4 is 5.32 Å². The van der Waals surface area contributed by atoms with E-state index in [0.29, 0.717) is 18.1 Å². The molecule has 3 heteroatoms. The van der Waals surface area contributed by atoms with E-state index < -0.39 is 0 Å². The molecule has 2 saturated heterocycles. The average Bonchev–Trinajstić information content (AvgIpc) is 3.18. The number of fused-ring (bicyclic) bond motifs is 5. The summed E-state index contributed by atoms with van der Waals surface area (Å²) in [5, 5.41) is 3.66. The van der Waals surface area contributed by atoms with Gasteiger partial charge in [-0.3, -0.25) is 4.79 Å². The summed E-state index contributed by atoms with van der Waals surface area (Å²) in [5.74, 6) is 0.171. The van der Waals surface area contributed by atoms with Gasteiger partial charge in [-0.2, -0.15) is 0 Å². The highest BCUT2D eigenvalue weighted by Gasteiger charge is 2.36. The van der Waals surface area contributed by atoms with Crippen LogP contribution in [0.1, 0.15) is 47.2 Å². The van der Waals surface area contributed by atoms with Crippen LogP contribution in [-0.2, 0) is 6.42 Å². The molecule has 0 aromatic heterocycles. The van der Waals surface area contributed by atoms with Gasteiger partial charge in [0.2, 0.25) is 0 Å². The van der Waals surface area contributed by atoms with E-state index in [1.807, 2.05) is 18.0 Å². The lowest BCUT2D eigenvalue weighted by atomic mass is 9.97. The van der Waals surface area contributed by atoms with Gasteiger partial charge in [-0.1, -0.05) is 30.3 Å².